The first kappa shape index (κ1) is 24.3. The standard InChI is InChI=1S/C30H50O3/c1-19-20(32)8-9-21-27(19,4)11-10-22-28(21,5)14-15-29(6)23-16-25(2,18-31)12-13-26(23,3)17-24(33)30(22,29)7/h19,21-24,31,33H,8-18H2,1-7H3/t19-,21+,22-,23+,24-,25+,26+,27+,28-,29-,30-/m0/s1. The van der Waals surface area contributed by atoms with Crippen molar-refractivity contribution in [1.29, 1.82) is 0 Å². The van der Waals surface area contributed by atoms with Crippen LogP contribution >= 0.6 is 0 Å². The summed E-state index contributed by atoms with van der Waals surface area (Å²) in [6, 6.07) is 0. The van der Waals surface area contributed by atoms with Crippen LogP contribution in [0, 0.1) is 56.2 Å². The molecule has 33 heavy (non-hydrogen) atoms. The van der Waals surface area contributed by atoms with Crippen LogP contribution in [0.25, 0.3) is 0 Å². The number of hydrogen-bond donors (Lipinski definition) is 2. The highest BCUT2D eigenvalue weighted by molar-refractivity contribution is 5.82. The first-order valence-electron chi connectivity index (χ1n) is 14.0. The molecule has 0 aliphatic heterocycles. The fraction of sp³-hybridized carbons (Fsp3) is 0.967. The van der Waals surface area contributed by atoms with Gasteiger partial charge in [-0.05, 0) is 103 Å². The number of fused-ring (bicyclic) bond motifs is 7. The van der Waals surface area contributed by atoms with Crippen LogP contribution in [0.3, 0.4) is 0 Å². The third-order valence-electron chi connectivity index (χ3n) is 14.0. The van der Waals surface area contributed by atoms with Crippen LogP contribution in [0.15, 0.2) is 0 Å². The van der Waals surface area contributed by atoms with E-state index in [1.54, 1.807) is 0 Å². The number of Topliss-reactive ketones (excluding diaryl/α,β-unsaturated/α-hetero) is 1. The number of ketones is 1. The number of hydrogen-bond acceptors (Lipinski definition) is 3. The molecule has 0 heterocycles. The van der Waals surface area contributed by atoms with E-state index in [-0.39, 0.29) is 51.1 Å². The van der Waals surface area contributed by atoms with E-state index in [9.17, 15) is 15.0 Å². The molecule has 188 valence electrons. The molecule has 0 aromatic heterocycles. The Labute approximate surface area is 202 Å². The summed E-state index contributed by atoms with van der Waals surface area (Å²) >= 11 is 0. The largest absolute Gasteiger partial charge is 0.396 e. The number of rotatable bonds is 1. The molecule has 3 nitrogen and oxygen atoms in total. The van der Waals surface area contributed by atoms with Crippen molar-refractivity contribution < 1.29 is 15.0 Å². The van der Waals surface area contributed by atoms with Gasteiger partial charge in [0.05, 0.1) is 6.10 Å². The third kappa shape index (κ3) is 2.85. The monoisotopic (exact) mass is 458 g/mol. The molecule has 0 aromatic rings. The van der Waals surface area contributed by atoms with E-state index in [2.05, 4.69) is 48.5 Å². The zero-order valence-electron chi connectivity index (χ0n) is 22.5. The van der Waals surface area contributed by atoms with Crippen molar-refractivity contribution >= 4 is 5.78 Å². The van der Waals surface area contributed by atoms with Crippen molar-refractivity contribution in [3.05, 3.63) is 0 Å². The van der Waals surface area contributed by atoms with Gasteiger partial charge < -0.3 is 10.2 Å². The highest BCUT2D eigenvalue weighted by Crippen LogP contribution is 2.78. The lowest BCUT2D eigenvalue weighted by molar-refractivity contribution is -0.292. The molecule has 0 radical (unpaired) electrons. The maximum absolute atomic E-state index is 12.7. The first-order chi connectivity index (χ1) is 15.2. The first-order valence-corrected chi connectivity index (χ1v) is 14.0. The summed E-state index contributed by atoms with van der Waals surface area (Å²) in [6.07, 6.45) is 10.4. The Balaban J connectivity index is 1.58. The molecule has 5 rings (SSSR count). The Morgan fingerprint density at radius 2 is 1.52 bits per heavy atom. The second-order valence-electron chi connectivity index (χ2n) is 15.2. The molecule has 11 atom stereocenters. The topological polar surface area (TPSA) is 57.5 Å². The SMILES string of the molecule is C[C@H]1C(=O)CC[C@@H]2[C@]1(C)CC[C@H]1[C@@]2(C)CC[C@@]2(C)[C@@H]3C[C@](C)(CO)CC[C@]3(C)C[C@H](O)[C@]12C. The summed E-state index contributed by atoms with van der Waals surface area (Å²) in [5.74, 6) is 2.27. The minimum atomic E-state index is -0.265. The number of carbonyl (C=O) groups is 1. The quantitative estimate of drug-likeness (QED) is 0.478. The Kier molecular flexibility index (Phi) is 5.22. The molecule has 5 aliphatic carbocycles. The molecular weight excluding hydrogens is 408 g/mol. The maximum Gasteiger partial charge on any atom is 0.136 e. The molecule has 3 heteroatoms. The molecule has 5 aliphatic rings. The number of carbonyl (C=O) groups excluding carboxylic acids is 1. The molecule has 0 bridgehead atoms. The molecule has 5 fully saturated rings. The van der Waals surface area contributed by atoms with Gasteiger partial charge in [0, 0.05) is 24.4 Å². The summed E-state index contributed by atoms with van der Waals surface area (Å²) in [4.78, 5) is 12.7. The van der Waals surface area contributed by atoms with Gasteiger partial charge in [0.2, 0.25) is 0 Å². The highest BCUT2D eigenvalue weighted by atomic mass is 16.3. The van der Waals surface area contributed by atoms with Gasteiger partial charge in [-0.15, -0.1) is 0 Å². The third-order valence-corrected chi connectivity index (χ3v) is 14.0. The number of aliphatic hydroxyl groups excluding tert-OH is 2. The zero-order chi connectivity index (χ0) is 24.2. The molecule has 0 unspecified atom stereocenters. The summed E-state index contributed by atoms with van der Waals surface area (Å²) in [5, 5.41) is 22.3. The molecular formula is C30H50O3. The highest BCUT2D eigenvalue weighted by Gasteiger charge is 2.73. The molecule has 0 spiro atoms. The van der Waals surface area contributed by atoms with Crippen molar-refractivity contribution in [3.8, 4) is 0 Å². The summed E-state index contributed by atoms with van der Waals surface area (Å²) in [5.41, 5.74) is 0.472. The van der Waals surface area contributed by atoms with E-state index in [1.165, 1.54) is 12.8 Å². The van der Waals surface area contributed by atoms with Gasteiger partial charge in [-0.2, -0.15) is 0 Å². The number of aliphatic hydroxyl groups is 2. The second-order valence-corrected chi connectivity index (χ2v) is 15.2. The van der Waals surface area contributed by atoms with Gasteiger partial charge in [-0.1, -0.05) is 48.5 Å². The fourth-order valence-corrected chi connectivity index (χ4v) is 11.3. The van der Waals surface area contributed by atoms with Crippen molar-refractivity contribution in [2.75, 3.05) is 6.61 Å². The van der Waals surface area contributed by atoms with Gasteiger partial charge in [-0.3, -0.25) is 4.79 Å². The van der Waals surface area contributed by atoms with Gasteiger partial charge >= 0.3 is 0 Å². The Morgan fingerprint density at radius 3 is 2.18 bits per heavy atom. The Hall–Kier alpha value is -0.410. The average molecular weight is 459 g/mol. The minimum absolute atomic E-state index is 0.0153. The van der Waals surface area contributed by atoms with Crippen LogP contribution in [0.1, 0.15) is 113 Å². The predicted molar refractivity (Wildman–Crippen MR) is 133 cm³/mol. The van der Waals surface area contributed by atoms with Crippen molar-refractivity contribution in [1.82, 2.24) is 0 Å². The van der Waals surface area contributed by atoms with Crippen LogP contribution in [-0.2, 0) is 4.79 Å². The van der Waals surface area contributed by atoms with Crippen LogP contribution in [-0.4, -0.2) is 28.7 Å². The summed E-state index contributed by atoms with van der Waals surface area (Å²) in [6.45, 7) is 17.2. The van der Waals surface area contributed by atoms with Crippen molar-refractivity contribution in [2.45, 2.75) is 119 Å². The van der Waals surface area contributed by atoms with Crippen LogP contribution in [0.5, 0.6) is 0 Å². The van der Waals surface area contributed by atoms with Crippen molar-refractivity contribution in [2.24, 2.45) is 56.2 Å². The van der Waals surface area contributed by atoms with E-state index in [0.717, 1.165) is 51.4 Å². The van der Waals surface area contributed by atoms with Crippen LogP contribution in [0.4, 0.5) is 0 Å². The lowest BCUT2D eigenvalue weighted by Crippen LogP contribution is -2.71. The Bertz CT molecular complexity index is 838. The molecule has 0 amide bonds. The van der Waals surface area contributed by atoms with E-state index in [1.807, 2.05) is 0 Å². The lowest BCUT2D eigenvalue weighted by atomic mass is 9.29. The van der Waals surface area contributed by atoms with E-state index in [4.69, 9.17) is 0 Å². The smallest absolute Gasteiger partial charge is 0.136 e. The maximum atomic E-state index is 12.7. The predicted octanol–water partition coefficient (Wildman–Crippen LogP) is 6.40. The molecule has 2 N–H and O–H groups in total. The summed E-state index contributed by atoms with van der Waals surface area (Å²) < 4.78 is 0. The van der Waals surface area contributed by atoms with E-state index in [0.29, 0.717) is 23.5 Å². The molecule has 5 saturated carbocycles. The van der Waals surface area contributed by atoms with Gasteiger partial charge in [0.15, 0.2) is 0 Å². The van der Waals surface area contributed by atoms with Gasteiger partial charge in [0.1, 0.15) is 5.78 Å². The van der Waals surface area contributed by atoms with Crippen molar-refractivity contribution in [3.63, 3.8) is 0 Å². The zero-order valence-corrected chi connectivity index (χ0v) is 22.5. The molecule has 0 aromatic carbocycles. The normalized spacial score (nSPS) is 60.9. The van der Waals surface area contributed by atoms with Gasteiger partial charge in [0.25, 0.3) is 0 Å². The Morgan fingerprint density at radius 1 is 0.818 bits per heavy atom. The molecule has 0 saturated heterocycles. The van der Waals surface area contributed by atoms with E-state index < -0.39 is 0 Å². The second kappa shape index (κ2) is 7.09. The summed E-state index contributed by atoms with van der Waals surface area (Å²) in [7, 11) is 0. The fourth-order valence-electron chi connectivity index (χ4n) is 11.3. The minimum Gasteiger partial charge on any atom is -0.396 e. The van der Waals surface area contributed by atoms with E-state index >= 15 is 0 Å². The average Bonchev–Trinajstić information content (AvgIpc) is 2.76. The lowest BCUT2D eigenvalue weighted by Gasteiger charge is -2.75. The van der Waals surface area contributed by atoms with Crippen LogP contribution in [0.2, 0.25) is 0 Å². The van der Waals surface area contributed by atoms with Gasteiger partial charge in [-0.25, -0.2) is 0 Å². The van der Waals surface area contributed by atoms with Crippen LogP contribution < -0.4 is 0 Å².